The van der Waals surface area contributed by atoms with Gasteiger partial charge in [-0.2, -0.15) is 5.26 Å². The quantitative estimate of drug-likeness (QED) is 0.463. The number of aryl methyl sites for hydroxylation is 1. The molecule has 0 saturated carbocycles. The fraction of sp³-hybridized carbons (Fsp3) is 0.263. The monoisotopic (exact) mass is 309 g/mol. The fourth-order valence-corrected chi connectivity index (χ4v) is 1.91. The van der Waals surface area contributed by atoms with Crippen LogP contribution in [0.15, 0.2) is 46.4 Å². The highest BCUT2D eigenvalue weighted by Gasteiger charge is 2.15. The first kappa shape index (κ1) is 16.6. The van der Waals surface area contributed by atoms with Crippen molar-refractivity contribution >= 4 is 12.0 Å². The molecule has 0 amide bonds. The van der Waals surface area contributed by atoms with Crippen molar-refractivity contribution in [2.24, 2.45) is 0 Å². The Morgan fingerprint density at radius 1 is 1.30 bits per heavy atom. The van der Waals surface area contributed by atoms with Gasteiger partial charge in [0.05, 0.1) is 6.10 Å². The number of rotatable bonds is 5. The van der Waals surface area contributed by atoms with Gasteiger partial charge in [-0.1, -0.05) is 36.8 Å². The molecule has 23 heavy (non-hydrogen) atoms. The van der Waals surface area contributed by atoms with Gasteiger partial charge < -0.3 is 9.15 Å². The maximum atomic E-state index is 11.9. The van der Waals surface area contributed by atoms with E-state index in [1.165, 1.54) is 11.6 Å². The molecule has 2 rings (SSSR count). The number of furan rings is 1. The van der Waals surface area contributed by atoms with Gasteiger partial charge in [0.25, 0.3) is 0 Å². The Hall–Kier alpha value is -2.80. The summed E-state index contributed by atoms with van der Waals surface area (Å²) in [5.74, 6) is 0.497. The van der Waals surface area contributed by atoms with Crippen LogP contribution in [-0.4, -0.2) is 12.1 Å². The smallest absolute Gasteiger partial charge is 0.349 e. The summed E-state index contributed by atoms with van der Waals surface area (Å²) in [7, 11) is 0. The zero-order valence-corrected chi connectivity index (χ0v) is 13.5. The van der Waals surface area contributed by atoms with Crippen molar-refractivity contribution in [3.8, 4) is 17.4 Å². The molecule has 1 atom stereocenters. The van der Waals surface area contributed by atoms with E-state index in [9.17, 15) is 4.79 Å². The zero-order valence-electron chi connectivity index (χ0n) is 13.5. The number of carbonyl (C=O) groups excluding carboxylic acids is 1. The molecule has 1 aromatic carbocycles. The van der Waals surface area contributed by atoms with E-state index >= 15 is 0 Å². The molecule has 0 fully saturated rings. The normalized spacial score (nSPS) is 12.5. The summed E-state index contributed by atoms with van der Waals surface area (Å²) in [6, 6.07) is 13.3. The maximum Gasteiger partial charge on any atom is 0.349 e. The van der Waals surface area contributed by atoms with Crippen LogP contribution >= 0.6 is 0 Å². The third-order valence-corrected chi connectivity index (χ3v) is 3.47. The molecule has 4 heteroatoms. The van der Waals surface area contributed by atoms with E-state index in [1.807, 2.05) is 50.2 Å². The third kappa shape index (κ3) is 4.33. The summed E-state index contributed by atoms with van der Waals surface area (Å²) >= 11 is 0. The lowest BCUT2D eigenvalue weighted by atomic mass is 10.1. The molecule has 0 aliphatic rings. The average Bonchev–Trinajstić information content (AvgIpc) is 3.01. The van der Waals surface area contributed by atoms with Crippen molar-refractivity contribution < 1.29 is 13.9 Å². The van der Waals surface area contributed by atoms with Gasteiger partial charge >= 0.3 is 5.97 Å². The summed E-state index contributed by atoms with van der Waals surface area (Å²) < 4.78 is 10.8. The van der Waals surface area contributed by atoms with E-state index in [2.05, 4.69) is 0 Å². The molecule has 0 radical (unpaired) electrons. The lowest BCUT2D eigenvalue weighted by molar-refractivity contribution is -0.142. The van der Waals surface area contributed by atoms with Gasteiger partial charge in [-0.25, -0.2) is 4.79 Å². The van der Waals surface area contributed by atoms with Crippen LogP contribution in [0.25, 0.3) is 17.4 Å². The molecule has 1 heterocycles. The van der Waals surface area contributed by atoms with E-state index in [4.69, 9.17) is 14.4 Å². The molecule has 0 N–H and O–H groups in total. The fourth-order valence-electron chi connectivity index (χ4n) is 1.91. The Bertz CT molecular complexity index is 748. The highest BCUT2D eigenvalue weighted by molar-refractivity contribution is 5.97. The minimum Gasteiger partial charge on any atom is -0.459 e. The molecule has 1 aromatic heterocycles. The minimum absolute atomic E-state index is 0.0740. The number of benzene rings is 1. The molecule has 118 valence electrons. The molecule has 0 bridgehead atoms. The predicted molar refractivity (Wildman–Crippen MR) is 88.3 cm³/mol. The molecular weight excluding hydrogens is 290 g/mol. The number of hydrogen-bond acceptors (Lipinski definition) is 4. The van der Waals surface area contributed by atoms with Crippen LogP contribution in [0.5, 0.6) is 0 Å². The van der Waals surface area contributed by atoms with Crippen LogP contribution in [0.4, 0.5) is 0 Å². The van der Waals surface area contributed by atoms with E-state index in [0.29, 0.717) is 17.9 Å². The molecule has 0 aliphatic heterocycles. The first-order valence-corrected chi connectivity index (χ1v) is 7.53. The van der Waals surface area contributed by atoms with E-state index < -0.39 is 5.97 Å². The highest BCUT2D eigenvalue weighted by Crippen LogP contribution is 2.24. The number of ether oxygens (including phenoxy) is 1. The SMILES string of the molecule is CC[C@@H](C)OC(=O)/C(C#N)=C\c1ccc(-c2ccc(C)cc2)o1. The van der Waals surface area contributed by atoms with Crippen molar-refractivity contribution in [2.75, 3.05) is 0 Å². The van der Waals surface area contributed by atoms with E-state index in [-0.39, 0.29) is 11.7 Å². The molecular formula is C19H19NO3. The summed E-state index contributed by atoms with van der Waals surface area (Å²) in [5, 5.41) is 9.14. The van der Waals surface area contributed by atoms with Crippen molar-refractivity contribution in [3.05, 3.63) is 53.3 Å². The predicted octanol–water partition coefficient (Wildman–Crippen LogP) is 4.50. The number of hydrogen-bond donors (Lipinski definition) is 0. The molecule has 2 aromatic rings. The van der Waals surface area contributed by atoms with Gasteiger partial charge in [-0.05, 0) is 32.4 Å². The largest absolute Gasteiger partial charge is 0.459 e. The number of nitrogens with zero attached hydrogens (tertiary/aromatic N) is 1. The number of carbonyl (C=O) groups is 1. The minimum atomic E-state index is -0.630. The maximum absolute atomic E-state index is 11.9. The molecule has 4 nitrogen and oxygen atoms in total. The first-order chi connectivity index (χ1) is 11.0. The lowest BCUT2D eigenvalue weighted by Gasteiger charge is -2.09. The van der Waals surface area contributed by atoms with Gasteiger partial charge in [0, 0.05) is 11.6 Å². The van der Waals surface area contributed by atoms with Gasteiger partial charge in [-0.15, -0.1) is 0 Å². The number of esters is 1. The molecule has 0 saturated heterocycles. The summed E-state index contributed by atoms with van der Waals surface area (Å²) in [6.45, 7) is 5.71. The Morgan fingerprint density at radius 3 is 2.61 bits per heavy atom. The Balaban J connectivity index is 2.20. The molecule has 0 aliphatic carbocycles. The van der Waals surface area contributed by atoms with Crippen molar-refractivity contribution in [3.63, 3.8) is 0 Å². The zero-order chi connectivity index (χ0) is 16.8. The van der Waals surface area contributed by atoms with Crippen molar-refractivity contribution in [1.29, 1.82) is 5.26 Å². The third-order valence-electron chi connectivity index (χ3n) is 3.47. The van der Waals surface area contributed by atoms with Crippen LogP contribution in [-0.2, 0) is 9.53 Å². The Labute approximate surface area is 136 Å². The molecule has 0 unspecified atom stereocenters. The number of nitriles is 1. The Kier molecular flexibility index (Phi) is 5.37. The Morgan fingerprint density at radius 2 is 2.00 bits per heavy atom. The highest BCUT2D eigenvalue weighted by atomic mass is 16.5. The summed E-state index contributed by atoms with van der Waals surface area (Å²) in [4.78, 5) is 11.9. The molecule has 0 spiro atoms. The summed E-state index contributed by atoms with van der Waals surface area (Å²) in [6.07, 6.45) is 1.88. The first-order valence-electron chi connectivity index (χ1n) is 7.53. The van der Waals surface area contributed by atoms with Gasteiger partial charge in [0.1, 0.15) is 23.2 Å². The van der Waals surface area contributed by atoms with Crippen LogP contribution in [0, 0.1) is 18.3 Å². The van der Waals surface area contributed by atoms with Gasteiger partial charge in [0.15, 0.2) is 0 Å². The van der Waals surface area contributed by atoms with Gasteiger partial charge in [0.2, 0.25) is 0 Å². The standard InChI is InChI=1S/C19H19NO3/c1-4-14(3)22-19(21)16(12-20)11-17-9-10-18(23-17)15-7-5-13(2)6-8-15/h5-11,14H,4H2,1-3H3/b16-11-/t14-/m1/s1. The average molecular weight is 309 g/mol. The van der Waals surface area contributed by atoms with E-state index in [0.717, 1.165) is 5.56 Å². The van der Waals surface area contributed by atoms with Crippen molar-refractivity contribution in [2.45, 2.75) is 33.3 Å². The second kappa shape index (κ2) is 7.46. The van der Waals surface area contributed by atoms with Crippen LogP contribution in [0.1, 0.15) is 31.6 Å². The van der Waals surface area contributed by atoms with Crippen molar-refractivity contribution in [1.82, 2.24) is 0 Å². The second-order valence-corrected chi connectivity index (χ2v) is 5.36. The van der Waals surface area contributed by atoms with Gasteiger partial charge in [-0.3, -0.25) is 0 Å². The topological polar surface area (TPSA) is 63.2 Å². The second-order valence-electron chi connectivity index (χ2n) is 5.36. The van der Waals surface area contributed by atoms with E-state index in [1.54, 1.807) is 13.0 Å². The summed E-state index contributed by atoms with van der Waals surface area (Å²) in [5.41, 5.74) is 2.03. The van der Waals surface area contributed by atoms with Crippen LogP contribution in [0.3, 0.4) is 0 Å². The van der Waals surface area contributed by atoms with Crippen LogP contribution < -0.4 is 0 Å². The van der Waals surface area contributed by atoms with Crippen LogP contribution in [0.2, 0.25) is 0 Å². The lowest BCUT2D eigenvalue weighted by Crippen LogP contribution is -2.15.